The highest BCUT2D eigenvalue weighted by Crippen LogP contribution is 2.31. The van der Waals surface area contributed by atoms with E-state index in [9.17, 15) is 14.9 Å². The van der Waals surface area contributed by atoms with Crippen molar-refractivity contribution in [2.24, 2.45) is 0 Å². The summed E-state index contributed by atoms with van der Waals surface area (Å²) in [4.78, 5) is 20.4. The van der Waals surface area contributed by atoms with Crippen LogP contribution in [0.2, 0.25) is 5.02 Å². The highest BCUT2D eigenvalue weighted by atomic mass is 79.9. The maximum Gasteiger partial charge on any atom is 0.328 e. The Labute approximate surface area is 104 Å². The van der Waals surface area contributed by atoms with Gasteiger partial charge in [0, 0.05) is 16.6 Å². The van der Waals surface area contributed by atoms with Gasteiger partial charge in [0.2, 0.25) is 0 Å². The van der Waals surface area contributed by atoms with Crippen LogP contribution in [0.1, 0.15) is 5.56 Å². The molecule has 1 rings (SSSR count). The number of carboxylic acids is 1. The van der Waals surface area contributed by atoms with Crippen LogP contribution in [0.3, 0.4) is 0 Å². The number of carboxylic acid groups (broad SMARTS) is 1. The minimum atomic E-state index is -1.18. The molecule has 0 radical (unpaired) electrons. The number of nitro groups is 1. The molecule has 16 heavy (non-hydrogen) atoms. The van der Waals surface area contributed by atoms with Gasteiger partial charge in [0.05, 0.1) is 15.5 Å². The van der Waals surface area contributed by atoms with Crippen LogP contribution in [0, 0.1) is 10.1 Å². The number of benzene rings is 1. The number of aliphatic carboxylic acids is 1. The van der Waals surface area contributed by atoms with E-state index in [0.29, 0.717) is 4.47 Å². The van der Waals surface area contributed by atoms with Gasteiger partial charge in [0.25, 0.3) is 5.69 Å². The van der Waals surface area contributed by atoms with Crippen LogP contribution < -0.4 is 0 Å². The van der Waals surface area contributed by atoms with Gasteiger partial charge in [-0.25, -0.2) is 4.79 Å². The van der Waals surface area contributed by atoms with Crippen LogP contribution in [-0.4, -0.2) is 16.0 Å². The second-order valence-corrected chi connectivity index (χ2v) is 4.02. The summed E-state index contributed by atoms with van der Waals surface area (Å²) in [7, 11) is 0. The van der Waals surface area contributed by atoms with Crippen molar-refractivity contribution in [3.63, 3.8) is 0 Å². The minimum absolute atomic E-state index is 0.170. The molecule has 1 aromatic rings. The molecule has 0 atom stereocenters. The Morgan fingerprint density at radius 3 is 2.69 bits per heavy atom. The molecule has 0 saturated carbocycles. The van der Waals surface area contributed by atoms with Gasteiger partial charge in [-0.3, -0.25) is 10.1 Å². The van der Waals surface area contributed by atoms with E-state index in [1.54, 1.807) is 0 Å². The van der Waals surface area contributed by atoms with Crippen LogP contribution in [0.25, 0.3) is 6.08 Å². The van der Waals surface area contributed by atoms with Crippen LogP contribution in [0.15, 0.2) is 22.7 Å². The van der Waals surface area contributed by atoms with Crippen molar-refractivity contribution in [3.05, 3.63) is 43.4 Å². The number of nitro benzene ring substituents is 1. The van der Waals surface area contributed by atoms with E-state index < -0.39 is 10.9 Å². The number of rotatable bonds is 3. The number of halogens is 2. The van der Waals surface area contributed by atoms with Gasteiger partial charge in [0.15, 0.2) is 0 Å². The first-order valence-electron chi connectivity index (χ1n) is 3.96. The van der Waals surface area contributed by atoms with Gasteiger partial charge in [0.1, 0.15) is 0 Å². The SMILES string of the molecule is O=C(O)/C=C/c1cc(Br)c(Cl)cc1[N+](=O)[O-]. The van der Waals surface area contributed by atoms with Crippen molar-refractivity contribution < 1.29 is 14.8 Å². The molecular formula is C9H5BrClNO4. The number of hydrogen-bond donors (Lipinski definition) is 1. The van der Waals surface area contributed by atoms with Crippen molar-refractivity contribution in [2.75, 3.05) is 0 Å². The van der Waals surface area contributed by atoms with Crippen LogP contribution in [0.4, 0.5) is 5.69 Å². The fraction of sp³-hybridized carbons (Fsp3) is 0. The summed E-state index contributed by atoms with van der Waals surface area (Å²) < 4.78 is 0.463. The maximum absolute atomic E-state index is 10.7. The molecule has 0 aliphatic heterocycles. The molecule has 5 nitrogen and oxygen atoms in total. The zero-order valence-corrected chi connectivity index (χ0v) is 10.0. The largest absolute Gasteiger partial charge is 0.478 e. The third-order valence-electron chi connectivity index (χ3n) is 1.67. The average Bonchev–Trinajstić information content (AvgIpc) is 2.18. The summed E-state index contributed by atoms with van der Waals surface area (Å²) in [6.07, 6.45) is 1.96. The Morgan fingerprint density at radius 1 is 1.56 bits per heavy atom. The summed E-state index contributed by atoms with van der Waals surface area (Å²) >= 11 is 8.80. The van der Waals surface area contributed by atoms with Crippen molar-refractivity contribution in [2.45, 2.75) is 0 Å². The first-order valence-corrected chi connectivity index (χ1v) is 5.13. The van der Waals surface area contributed by atoms with Crippen molar-refractivity contribution in [1.29, 1.82) is 0 Å². The minimum Gasteiger partial charge on any atom is -0.478 e. The summed E-state index contributed by atoms with van der Waals surface area (Å²) in [6, 6.07) is 2.55. The molecule has 0 aromatic heterocycles. The molecule has 84 valence electrons. The van der Waals surface area contributed by atoms with Gasteiger partial charge in [-0.2, -0.15) is 0 Å². The van der Waals surface area contributed by atoms with Crippen LogP contribution >= 0.6 is 27.5 Å². The summed E-state index contributed by atoms with van der Waals surface area (Å²) in [5.41, 5.74) is -0.0747. The molecule has 0 aliphatic carbocycles. The Morgan fingerprint density at radius 2 is 2.19 bits per heavy atom. The zero-order valence-electron chi connectivity index (χ0n) is 7.68. The second-order valence-electron chi connectivity index (χ2n) is 2.75. The lowest BCUT2D eigenvalue weighted by Gasteiger charge is -2.00. The molecule has 7 heteroatoms. The van der Waals surface area contributed by atoms with E-state index >= 15 is 0 Å². The van der Waals surface area contributed by atoms with Crippen LogP contribution in [0.5, 0.6) is 0 Å². The number of carbonyl (C=O) groups is 1. The molecular weight excluding hydrogens is 301 g/mol. The molecule has 0 unspecified atom stereocenters. The average molecular weight is 306 g/mol. The van der Waals surface area contributed by atoms with Gasteiger partial charge < -0.3 is 5.11 Å². The lowest BCUT2D eigenvalue weighted by Crippen LogP contribution is -1.93. The second kappa shape index (κ2) is 5.09. The normalized spacial score (nSPS) is 10.6. The zero-order chi connectivity index (χ0) is 12.3. The first kappa shape index (κ1) is 12.7. The van der Waals surface area contributed by atoms with Crippen LogP contribution in [-0.2, 0) is 4.79 Å². The summed E-state index contributed by atoms with van der Waals surface area (Å²) in [6.45, 7) is 0. The molecule has 1 aromatic carbocycles. The van der Waals surface area contributed by atoms with Gasteiger partial charge in [-0.05, 0) is 28.1 Å². The Kier molecular flexibility index (Phi) is 4.03. The Bertz CT molecular complexity index is 487. The molecule has 0 bridgehead atoms. The smallest absolute Gasteiger partial charge is 0.328 e. The quantitative estimate of drug-likeness (QED) is 0.528. The Hall–Kier alpha value is -1.40. The molecule has 0 fully saturated rings. The van der Waals surface area contributed by atoms with E-state index in [0.717, 1.165) is 18.2 Å². The van der Waals surface area contributed by atoms with Gasteiger partial charge >= 0.3 is 5.97 Å². The van der Waals surface area contributed by atoms with E-state index in [2.05, 4.69) is 15.9 Å². The highest BCUT2D eigenvalue weighted by molar-refractivity contribution is 9.10. The molecule has 0 aliphatic rings. The topological polar surface area (TPSA) is 80.4 Å². The molecule has 1 N–H and O–H groups in total. The molecule has 0 spiro atoms. The van der Waals surface area contributed by atoms with E-state index in [1.807, 2.05) is 0 Å². The number of nitrogens with zero attached hydrogens (tertiary/aromatic N) is 1. The first-order chi connectivity index (χ1) is 7.41. The van der Waals surface area contributed by atoms with Gasteiger partial charge in [-0.15, -0.1) is 0 Å². The highest BCUT2D eigenvalue weighted by Gasteiger charge is 2.14. The van der Waals surface area contributed by atoms with Crippen molar-refractivity contribution in [1.82, 2.24) is 0 Å². The third kappa shape index (κ3) is 3.04. The van der Waals surface area contributed by atoms with Crippen molar-refractivity contribution >= 4 is 45.3 Å². The molecule has 0 amide bonds. The fourth-order valence-electron chi connectivity index (χ4n) is 1.00. The third-order valence-corrected chi connectivity index (χ3v) is 2.87. The van der Waals surface area contributed by atoms with Gasteiger partial charge in [-0.1, -0.05) is 11.6 Å². The molecule has 0 heterocycles. The fourth-order valence-corrected chi connectivity index (χ4v) is 1.52. The van der Waals surface area contributed by atoms with Crippen molar-refractivity contribution in [3.8, 4) is 0 Å². The lowest BCUT2D eigenvalue weighted by atomic mass is 10.1. The summed E-state index contributed by atoms with van der Waals surface area (Å²) in [5, 5.41) is 19.3. The monoisotopic (exact) mass is 305 g/mol. The summed E-state index contributed by atoms with van der Waals surface area (Å²) in [5.74, 6) is -1.18. The standard InChI is InChI=1S/C9H5BrClNO4/c10-6-3-5(1-2-9(13)14)8(12(15)16)4-7(6)11/h1-4H,(H,13,14)/b2-1+. The number of hydrogen-bond acceptors (Lipinski definition) is 3. The van der Waals surface area contributed by atoms with E-state index in [-0.39, 0.29) is 16.3 Å². The molecule has 0 saturated heterocycles. The van der Waals surface area contributed by atoms with E-state index in [1.165, 1.54) is 6.07 Å². The predicted octanol–water partition coefficient (Wildman–Crippen LogP) is 3.11. The Balaban J connectivity index is 3.30. The predicted molar refractivity (Wildman–Crippen MR) is 62.5 cm³/mol. The maximum atomic E-state index is 10.7. The lowest BCUT2D eigenvalue weighted by molar-refractivity contribution is -0.385. The van der Waals surface area contributed by atoms with E-state index in [4.69, 9.17) is 16.7 Å².